The van der Waals surface area contributed by atoms with Crippen molar-refractivity contribution in [2.75, 3.05) is 5.32 Å². The van der Waals surface area contributed by atoms with Gasteiger partial charge in [0.1, 0.15) is 22.8 Å². The highest BCUT2D eigenvalue weighted by atomic mass is 35.5. The van der Waals surface area contributed by atoms with Gasteiger partial charge >= 0.3 is 0 Å². The zero-order valence-electron chi connectivity index (χ0n) is 10.1. The van der Waals surface area contributed by atoms with E-state index in [-0.39, 0.29) is 18.2 Å². The Kier molecular flexibility index (Phi) is 3.97. The Labute approximate surface area is 119 Å². The molecule has 6 heteroatoms. The predicted octanol–water partition coefficient (Wildman–Crippen LogP) is 4.30. The number of aromatic nitrogens is 2. The third kappa shape index (κ3) is 2.83. The number of fused-ring (bicyclic) bond motifs is 1. The van der Waals surface area contributed by atoms with Gasteiger partial charge in [-0.2, -0.15) is 0 Å². The van der Waals surface area contributed by atoms with E-state index < -0.39 is 0 Å². The van der Waals surface area contributed by atoms with Gasteiger partial charge in [0.05, 0.1) is 5.39 Å². The standard InChI is InChI=1S/C13H10FN3S.ClH/c1-8-5-11-12(15-7-16-13(11)18-8)17-10-4-2-3-9(14)6-10;/h2-7H,1H3,(H,15,16,17);1H. The molecule has 0 unspecified atom stereocenters. The van der Waals surface area contributed by atoms with Crippen LogP contribution in [0.3, 0.4) is 0 Å². The number of thiophene rings is 1. The summed E-state index contributed by atoms with van der Waals surface area (Å²) in [4.78, 5) is 10.5. The Balaban J connectivity index is 0.00000133. The van der Waals surface area contributed by atoms with E-state index in [0.717, 1.165) is 10.2 Å². The number of halogens is 2. The fraction of sp³-hybridized carbons (Fsp3) is 0.0769. The molecular formula is C13H11ClFN3S. The Morgan fingerprint density at radius 3 is 2.84 bits per heavy atom. The quantitative estimate of drug-likeness (QED) is 0.766. The fourth-order valence-electron chi connectivity index (χ4n) is 1.78. The zero-order valence-corrected chi connectivity index (χ0v) is 11.7. The second-order valence-electron chi connectivity index (χ2n) is 3.93. The van der Waals surface area contributed by atoms with Crippen molar-refractivity contribution in [1.29, 1.82) is 0 Å². The second-order valence-corrected chi connectivity index (χ2v) is 5.17. The molecule has 98 valence electrons. The number of nitrogens with one attached hydrogen (secondary N) is 1. The first-order valence-corrected chi connectivity index (χ1v) is 6.28. The lowest BCUT2D eigenvalue weighted by Gasteiger charge is -2.05. The summed E-state index contributed by atoms with van der Waals surface area (Å²) < 4.78 is 13.1. The molecule has 3 rings (SSSR count). The molecule has 0 aliphatic carbocycles. The molecule has 0 spiro atoms. The number of hydrogen-bond donors (Lipinski definition) is 1. The first-order valence-electron chi connectivity index (χ1n) is 5.46. The van der Waals surface area contributed by atoms with Gasteiger partial charge in [-0.15, -0.1) is 23.7 Å². The number of nitrogens with zero attached hydrogens (tertiary/aromatic N) is 2. The maximum absolute atomic E-state index is 13.1. The van der Waals surface area contributed by atoms with Crippen LogP contribution in [0.5, 0.6) is 0 Å². The molecule has 1 N–H and O–H groups in total. The van der Waals surface area contributed by atoms with Crippen molar-refractivity contribution in [2.45, 2.75) is 6.92 Å². The summed E-state index contributed by atoms with van der Waals surface area (Å²) in [6, 6.07) is 8.34. The minimum atomic E-state index is -0.271. The lowest BCUT2D eigenvalue weighted by Crippen LogP contribution is -1.94. The van der Waals surface area contributed by atoms with Crippen LogP contribution in [0.25, 0.3) is 10.2 Å². The Morgan fingerprint density at radius 1 is 1.21 bits per heavy atom. The molecule has 3 nitrogen and oxygen atoms in total. The second kappa shape index (κ2) is 5.50. The van der Waals surface area contributed by atoms with Crippen molar-refractivity contribution in [3.8, 4) is 0 Å². The molecule has 2 heterocycles. The number of anilines is 2. The van der Waals surface area contributed by atoms with Gasteiger partial charge in [-0.25, -0.2) is 14.4 Å². The number of hydrogen-bond acceptors (Lipinski definition) is 4. The monoisotopic (exact) mass is 295 g/mol. The summed E-state index contributed by atoms with van der Waals surface area (Å²) in [6.07, 6.45) is 1.51. The Morgan fingerprint density at radius 2 is 2.05 bits per heavy atom. The van der Waals surface area contributed by atoms with Crippen molar-refractivity contribution in [2.24, 2.45) is 0 Å². The van der Waals surface area contributed by atoms with E-state index >= 15 is 0 Å². The van der Waals surface area contributed by atoms with Crippen LogP contribution in [-0.4, -0.2) is 9.97 Å². The summed E-state index contributed by atoms with van der Waals surface area (Å²) >= 11 is 1.61. The van der Waals surface area contributed by atoms with Crippen LogP contribution in [0.1, 0.15) is 4.88 Å². The maximum atomic E-state index is 13.1. The molecule has 19 heavy (non-hydrogen) atoms. The largest absolute Gasteiger partial charge is 0.340 e. The molecule has 1 aromatic carbocycles. The Hall–Kier alpha value is -1.72. The van der Waals surface area contributed by atoms with Crippen molar-refractivity contribution in [1.82, 2.24) is 9.97 Å². The molecule has 0 fully saturated rings. The van der Waals surface area contributed by atoms with Gasteiger partial charge in [-0.1, -0.05) is 6.07 Å². The molecule has 2 aromatic heterocycles. The third-order valence-electron chi connectivity index (χ3n) is 2.54. The van der Waals surface area contributed by atoms with Crippen molar-refractivity contribution in [3.63, 3.8) is 0 Å². The summed E-state index contributed by atoms with van der Waals surface area (Å²) in [6.45, 7) is 2.03. The van der Waals surface area contributed by atoms with Crippen molar-refractivity contribution < 1.29 is 4.39 Å². The molecular weight excluding hydrogens is 285 g/mol. The first kappa shape index (κ1) is 13.7. The van der Waals surface area contributed by atoms with E-state index in [1.807, 2.05) is 13.0 Å². The average Bonchev–Trinajstić information content (AvgIpc) is 2.71. The van der Waals surface area contributed by atoms with E-state index in [2.05, 4.69) is 15.3 Å². The lowest BCUT2D eigenvalue weighted by atomic mass is 10.3. The summed E-state index contributed by atoms with van der Waals surface area (Å²) in [5, 5.41) is 4.08. The normalized spacial score (nSPS) is 10.2. The van der Waals surface area contributed by atoms with E-state index in [4.69, 9.17) is 0 Å². The molecule has 0 saturated heterocycles. The van der Waals surface area contributed by atoms with Crippen molar-refractivity contribution >= 4 is 45.5 Å². The maximum Gasteiger partial charge on any atom is 0.142 e. The van der Waals surface area contributed by atoms with Crippen LogP contribution in [0.4, 0.5) is 15.9 Å². The highest BCUT2D eigenvalue weighted by Crippen LogP contribution is 2.29. The number of benzene rings is 1. The van der Waals surface area contributed by atoms with Crippen LogP contribution in [-0.2, 0) is 0 Å². The topological polar surface area (TPSA) is 37.8 Å². The molecule has 0 aliphatic heterocycles. The average molecular weight is 296 g/mol. The van der Waals surface area contributed by atoms with Gasteiger partial charge < -0.3 is 5.32 Å². The van der Waals surface area contributed by atoms with Gasteiger partial charge in [0.25, 0.3) is 0 Å². The molecule has 0 bridgehead atoms. The highest BCUT2D eigenvalue weighted by Gasteiger charge is 2.07. The lowest BCUT2D eigenvalue weighted by molar-refractivity contribution is 0.628. The predicted molar refractivity (Wildman–Crippen MR) is 79.1 cm³/mol. The minimum absolute atomic E-state index is 0. The van der Waals surface area contributed by atoms with E-state index in [1.165, 1.54) is 23.3 Å². The molecule has 0 saturated carbocycles. The summed E-state index contributed by atoms with van der Waals surface area (Å²) in [7, 11) is 0. The molecule has 0 aliphatic rings. The van der Waals surface area contributed by atoms with E-state index in [1.54, 1.807) is 23.5 Å². The van der Waals surface area contributed by atoms with Gasteiger partial charge in [0, 0.05) is 10.6 Å². The highest BCUT2D eigenvalue weighted by molar-refractivity contribution is 7.18. The zero-order chi connectivity index (χ0) is 12.5. The summed E-state index contributed by atoms with van der Waals surface area (Å²) in [5.74, 6) is 0.432. The van der Waals surface area contributed by atoms with E-state index in [0.29, 0.717) is 11.5 Å². The molecule has 0 radical (unpaired) electrons. The molecule has 0 atom stereocenters. The SMILES string of the molecule is Cc1cc2c(Nc3cccc(F)c3)ncnc2s1.Cl. The van der Waals surface area contributed by atoms with Gasteiger partial charge in [-0.3, -0.25) is 0 Å². The fourth-order valence-corrected chi connectivity index (χ4v) is 2.63. The summed E-state index contributed by atoms with van der Waals surface area (Å²) in [5.41, 5.74) is 0.679. The van der Waals surface area contributed by atoms with Crippen LogP contribution in [0.2, 0.25) is 0 Å². The number of rotatable bonds is 2. The van der Waals surface area contributed by atoms with Gasteiger partial charge in [-0.05, 0) is 31.2 Å². The van der Waals surface area contributed by atoms with E-state index in [9.17, 15) is 4.39 Å². The Bertz CT molecular complexity index is 714. The number of aryl methyl sites for hydroxylation is 1. The molecule has 3 aromatic rings. The third-order valence-corrected chi connectivity index (χ3v) is 3.50. The smallest absolute Gasteiger partial charge is 0.142 e. The van der Waals surface area contributed by atoms with Gasteiger partial charge in [0.15, 0.2) is 0 Å². The van der Waals surface area contributed by atoms with Crippen LogP contribution in [0.15, 0.2) is 36.7 Å². The molecule has 0 amide bonds. The van der Waals surface area contributed by atoms with Crippen LogP contribution >= 0.6 is 23.7 Å². The van der Waals surface area contributed by atoms with Crippen LogP contribution < -0.4 is 5.32 Å². The van der Waals surface area contributed by atoms with Gasteiger partial charge in [0.2, 0.25) is 0 Å². The van der Waals surface area contributed by atoms with Crippen molar-refractivity contribution in [3.05, 3.63) is 47.4 Å². The first-order chi connectivity index (χ1) is 8.72. The van der Waals surface area contributed by atoms with Crippen LogP contribution in [0, 0.1) is 12.7 Å². The minimum Gasteiger partial charge on any atom is -0.340 e.